The minimum Gasteiger partial charge on any atom is -0.390 e. The number of aliphatic hydroxyl groups excluding tert-OH is 1. The Bertz CT molecular complexity index is 757. The number of nitrogens with one attached hydrogen (secondary N) is 1. The summed E-state index contributed by atoms with van der Waals surface area (Å²) in [6, 6.07) is 11.9. The monoisotopic (exact) mass is 315 g/mol. The van der Waals surface area contributed by atoms with Gasteiger partial charge in [0.05, 0.1) is 17.5 Å². The van der Waals surface area contributed by atoms with Gasteiger partial charge >= 0.3 is 0 Å². The zero-order valence-corrected chi connectivity index (χ0v) is 12.4. The van der Waals surface area contributed by atoms with Crippen LogP contribution in [0.3, 0.4) is 0 Å². The highest BCUT2D eigenvalue weighted by Crippen LogP contribution is 2.31. The Hall–Kier alpha value is -2.17. The van der Waals surface area contributed by atoms with Crippen molar-refractivity contribution in [1.82, 2.24) is 0 Å². The lowest BCUT2D eigenvalue weighted by molar-refractivity contribution is 0.0979. The largest absolute Gasteiger partial charge is 0.390 e. The van der Waals surface area contributed by atoms with Gasteiger partial charge in [0.25, 0.3) is 0 Å². The molecule has 112 valence electrons. The number of halogens is 1. The average molecular weight is 316 g/mol. The van der Waals surface area contributed by atoms with E-state index >= 15 is 0 Å². The smallest absolute Gasteiger partial charge is 0.196 e. The highest BCUT2D eigenvalue weighted by molar-refractivity contribution is 6.30. The van der Waals surface area contributed by atoms with E-state index in [1.165, 1.54) is 0 Å². The maximum Gasteiger partial charge on any atom is 0.196 e. The van der Waals surface area contributed by atoms with Gasteiger partial charge in [-0.3, -0.25) is 9.59 Å². The molecule has 2 aromatic carbocycles. The van der Waals surface area contributed by atoms with Crippen molar-refractivity contribution < 1.29 is 14.7 Å². The van der Waals surface area contributed by atoms with Gasteiger partial charge in [0.1, 0.15) is 0 Å². The van der Waals surface area contributed by atoms with Gasteiger partial charge in [0, 0.05) is 28.9 Å². The van der Waals surface area contributed by atoms with Crippen LogP contribution in [0.15, 0.2) is 42.5 Å². The summed E-state index contributed by atoms with van der Waals surface area (Å²) in [5.74, 6) is -0.252. The lowest BCUT2D eigenvalue weighted by Gasteiger charge is -2.21. The minimum absolute atomic E-state index is 0.0950. The van der Waals surface area contributed by atoms with Crippen LogP contribution in [0.2, 0.25) is 0 Å². The Morgan fingerprint density at radius 1 is 0.955 bits per heavy atom. The Balaban J connectivity index is 2.05. The molecule has 0 heterocycles. The number of rotatable bonds is 4. The number of carbonyl (C=O) groups excluding carboxylic acids is 2. The molecular formula is C17H14ClNO3. The van der Waals surface area contributed by atoms with E-state index in [1.54, 1.807) is 42.5 Å². The average Bonchev–Trinajstić information content (AvgIpc) is 2.57. The van der Waals surface area contributed by atoms with Crippen molar-refractivity contribution in [2.24, 2.45) is 0 Å². The van der Waals surface area contributed by atoms with Crippen molar-refractivity contribution in [1.29, 1.82) is 0 Å². The molecule has 0 saturated carbocycles. The molecule has 0 bridgehead atoms. The zero-order chi connectivity index (χ0) is 15.7. The number of fused-ring (bicyclic) bond motifs is 2. The van der Waals surface area contributed by atoms with Gasteiger partial charge in [-0.1, -0.05) is 36.4 Å². The standard InChI is InChI=1S/C17H14ClNO3/c18-8-10(20)9-19-14-7-3-6-13-15(14)17(22)12-5-2-1-4-11(12)16(13)21/h1-7,10,19-20H,8-9H2/t10-/m0/s1. The normalized spacial score (nSPS) is 14.3. The topological polar surface area (TPSA) is 66.4 Å². The molecule has 22 heavy (non-hydrogen) atoms. The fraction of sp³-hybridized carbons (Fsp3) is 0.176. The van der Waals surface area contributed by atoms with Crippen LogP contribution in [0.4, 0.5) is 5.69 Å². The van der Waals surface area contributed by atoms with Crippen molar-refractivity contribution in [2.75, 3.05) is 17.7 Å². The SMILES string of the molecule is O=C1c2ccccc2C(=O)c2c(NC[C@@H](O)CCl)cccc21. The third-order valence-electron chi connectivity index (χ3n) is 3.66. The summed E-state index contributed by atoms with van der Waals surface area (Å²) < 4.78 is 0. The second-order valence-electron chi connectivity index (χ2n) is 5.12. The lowest BCUT2D eigenvalue weighted by Crippen LogP contribution is -2.25. The Morgan fingerprint density at radius 3 is 2.27 bits per heavy atom. The van der Waals surface area contributed by atoms with Crippen molar-refractivity contribution >= 4 is 28.9 Å². The molecule has 0 amide bonds. The van der Waals surface area contributed by atoms with E-state index in [4.69, 9.17) is 11.6 Å². The highest BCUT2D eigenvalue weighted by atomic mass is 35.5. The molecule has 0 spiro atoms. The molecule has 5 heteroatoms. The molecule has 1 aliphatic rings. The first kappa shape index (κ1) is 14.8. The first-order valence-electron chi connectivity index (χ1n) is 6.93. The van der Waals surface area contributed by atoms with Gasteiger partial charge in [-0.15, -0.1) is 11.6 Å². The third-order valence-corrected chi connectivity index (χ3v) is 4.01. The predicted molar refractivity (Wildman–Crippen MR) is 85.0 cm³/mol. The van der Waals surface area contributed by atoms with Crippen LogP contribution in [-0.2, 0) is 0 Å². The maximum atomic E-state index is 12.7. The Labute approximate surface area is 132 Å². The van der Waals surface area contributed by atoms with Gasteiger partial charge in [-0.25, -0.2) is 0 Å². The summed E-state index contributed by atoms with van der Waals surface area (Å²) >= 11 is 5.57. The van der Waals surface area contributed by atoms with E-state index in [-0.39, 0.29) is 24.0 Å². The minimum atomic E-state index is -0.723. The van der Waals surface area contributed by atoms with Crippen molar-refractivity contribution in [3.8, 4) is 0 Å². The number of benzene rings is 2. The molecule has 2 aromatic rings. The molecule has 3 rings (SSSR count). The van der Waals surface area contributed by atoms with E-state index in [1.807, 2.05) is 0 Å². The summed E-state index contributed by atoms with van der Waals surface area (Å²) in [5.41, 5.74) is 2.11. The predicted octanol–water partition coefficient (Wildman–Crippen LogP) is 2.47. The van der Waals surface area contributed by atoms with Crippen molar-refractivity contribution in [3.63, 3.8) is 0 Å². The second kappa shape index (κ2) is 5.91. The van der Waals surface area contributed by atoms with Gasteiger partial charge in [0.2, 0.25) is 0 Å². The van der Waals surface area contributed by atoms with E-state index in [9.17, 15) is 14.7 Å². The molecule has 2 N–H and O–H groups in total. The van der Waals surface area contributed by atoms with Crippen LogP contribution in [0.1, 0.15) is 31.8 Å². The molecule has 0 unspecified atom stereocenters. The third kappa shape index (κ3) is 2.40. The molecule has 4 nitrogen and oxygen atoms in total. The summed E-state index contributed by atoms with van der Waals surface area (Å²) in [6.07, 6.45) is -0.723. The van der Waals surface area contributed by atoms with Gasteiger partial charge in [0.15, 0.2) is 11.6 Å². The van der Waals surface area contributed by atoms with Gasteiger partial charge in [-0.2, -0.15) is 0 Å². The lowest BCUT2D eigenvalue weighted by atomic mass is 9.83. The molecule has 0 fully saturated rings. The first-order valence-corrected chi connectivity index (χ1v) is 7.46. The van der Waals surface area contributed by atoms with Crippen LogP contribution < -0.4 is 5.32 Å². The second-order valence-corrected chi connectivity index (χ2v) is 5.43. The zero-order valence-electron chi connectivity index (χ0n) is 11.7. The fourth-order valence-electron chi connectivity index (χ4n) is 2.57. The molecule has 1 atom stereocenters. The summed E-state index contributed by atoms with van der Waals surface area (Å²) in [7, 11) is 0. The highest BCUT2D eigenvalue weighted by Gasteiger charge is 2.31. The van der Waals surface area contributed by atoms with E-state index in [2.05, 4.69) is 5.32 Å². The number of hydrogen-bond acceptors (Lipinski definition) is 4. The van der Waals surface area contributed by atoms with Crippen LogP contribution in [0.5, 0.6) is 0 Å². The number of ketones is 2. The van der Waals surface area contributed by atoms with Crippen molar-refractivity contribution in [3.05, 3.63) is 64.7 Å². The van der Waals surface area contributed by atoms with E-state index < -0.39 is 6.10 Å². The van der Waals surface area contributed by atoms with Crippen LogP contribution >= 0.6 is 11.6 Å². The van der Waals surface area contributed by atoms with Crippen LogP contribution in [0, 0.1) is 0 Å². The van der Waals surface area contributed by atoms with E-state index in [0.29, 0.717) is 27.9 Å². The first-order chi connectivity index (χ1) is 10.6. The maximum absolute atomic E-state index is 12.7. The Kier molecular flexibility index (Phi) is 3.96. The molecule has 0 radical (unpaired) electrons. The van der Waals surface area contributed by atoms with Crippen LogP contribution in [0.25, 0.3) is 0 Å². The van der Waals surface area contributed by atoms with Gasteiger partial charge < -0.3 is 10.4 Å². The van der Waals surface area contributed by atoms with Crippen molar-refractivity contribution in [2.45, 2.75) is 6.10 Å². The number of carbonyl (C=O) groups is 2. The quantitative estimate of drug-likeness (QED) is 0.726. The van der Waals surface area contributed by atoms with Gasteiger partial charge in [-0.05, 0) is 6.07 Å². The number of anilines is 1. The molecule has 0 aliphatic heterocycles. The molecule has 0 saturated heterocycles. The number of alkyl halides is 1. The summed E-state index contributed by atoms with van der Waals surface area (Å²) in [5, 5.41) is 12.6. The number of hydrogen-bond donors (Lipinski definition) is 2. The number of aliphatic hydroxyl groups is 1. The van der Waals surface area contributed by atoms with E-state index in [0.717, 1.165) is 0 Å². The van der Waals surface area contributed by atoms with Crippen LogP contribution in [-0.4, -0.2) is 35.2 Å². The molecule has 0 aromatic heterocycles. The Morgan fingerprint density at radius 2 is 1.59 bits per heavy atom. The summed E-state index contributed by atoms with van der Waals surface area (Å²) in [6.45, 7) is 0.211. The summed E-state index contributed by atoms with van der Waals surface area (Å²) in [4.78, 5) is 25.3. The molecular weight excluding hydrogens is 302 g/mol. The molecule has 1 aliphatic carbocycles. The fourth-order valence-corrected chi connectivity index (χ4v) is 2.68.